The van der Waals surface area contributed by atoms with Gasteiger partial charge in [0.05, 0.1) is 6.61 Å². The first kappa shape index (κ1) is 12.4. The van der Waals surface area contributed by atoms with E-state index >= 15 is 0 Å². The summed E-state index contributed by atoms with van der Waals surface area (Å²) < 4.78 is 5.16. The molecule has 94 valence electrons. The Bertz CT molecular complexity index is 376. The first-order valence-corrected chi connectivity index (χ1v) is 6.44. The average Bonchev–Trinajstić information content (AvgIpc) is 2.28. The Morgan fingerprint density at radius 3 is 2.82 bits per heavy atom. The maximum atomic E-state index is 11.3. The molecule has 1 saturated carbocycles. The van der Waals surface area contributed by atoms with E-state index in [9.17, 15) is 4.79 Å². The molecule has 0 amide bonds. The number of allylic oxidation sites excluding steroid dienone is 1. The molecule has 0 N–H and O–H groups in total. The summed E-state index contributed by atoms with van der Waals surface area (Å²) in [6, 6.07) is 0. The molecule has 2 unspecified atom stereocenters. The van der Waals surface area contributed by atoms with E-state index in [1.807, 2.05) is 0 Å². The molecular formula is C15H22O2. The van der Waals surface area contributed by atoms with Gasteiger partial charge in [0, 0.05) is 12.0 Å². The summed E-state index contributed by atoms with van der Waals surface area (Å²) in [6.07, 6.45) is 5.78. The van der Waals surface area contributed by atoms with E-state index in [0.717, 1.165) is 12.3 Å². The average molecular weight is 234 g/mol. The summed E-state index contributed by atoms with van der Waals surface area (Å²) in [5.41, 5.74) is 2.43. The van der Waals surface area contributed by atoms with Gasteiger partial charge in [-0.25, -0.2) is 4.79 Å². The zero-order valence-corrected chi connectivity index (χ0v) is 11.1. The number of hydrogen-bond acceptors (Lipinski definition) is 2. The normalized spacial score (nSPS) is 29.0. The van der Waals surface area contributed by atoms with Crippen molar-refractivity contribution in [3.05, 3.63) is 23.8 Å². The molecule has 17 heavy (non-hydrogen) atoms. The fraction of sp³-hybridized carbons (Fsp3) is 0.667. The van der Waals surface area contributed by atoms with Gasteiger partial charge >= 0.3 is 5.97 Å². The summed E-state index contributed by atoms with van der Waals surface area (Å²) >= 11 is 0. The Kier molecular flexibility index (Phi) is 3.15. The van der Waals surface area contributed by atoms with Gasteiger partial charge in [-0.05, 0) is 37.0 Å². The third kappa shape index (κ3) is 2.18. The predicted octanol–water partition coefficient (Wildman–Crippen LogP) is 3.49. The summed E-state index contributed by atoms with van der Waals surface area (Å²) in [4.78, 5) is 11.3. The molecule has 3 rings (SSSR count). The minimum absolute atomic E-state index is 0.271. The van der Waals surface area contributed by atoms with Crippen LogP contribution in [0.5, 0.6) is 0 Å². The second-order valence-electron chi connectivity index (χ2n) is 5.99. The van der Waals surface area contributed by atoms with Crippen molar-refractivity contribution in [1.82, 2.24) is 0 Å². The van der Waals surface area contributed by atoms with Gasteiger partial charge in [-0.1, -0.05) is 32.1 Å². The maximum absolute atomic E-state index is 11.3. The van der Waals surface area contributed by atoms with E-state index in [1.165, 1.54) is 18.4 Å². The van der Waals surface area contributed by atoms with Crippen LogP contribution in [0.4, 0.5) is 0 Å². The molecule has 0 aromatic heterocycles. The molecule has 0 heterocycles. The molecular weight excluding hydrogens is 212 g/mol. The fourth-order valence-corrected chi connectivity index (χ4v) is 3.14. The molecule has 0 aromatic rings. The molecule has 2 bridgehead atoms. The van der Waals surface area contributed by atoms with Crippen LogP contribution < -0.4 is 0 Å². The number of ether oxygens (including phenoxy) is 1. The van der Waals surface area contributed by atoms with Gasteiger partial charge in [-0.3, -0.25) is 0 Å². The van der Waals surface area contributed by atoms with Crippen molar-refractivity contribution in [2.75, 3.05) is 6.61 Å². The molecule has 2 nitrogen and oxygen atoms in total. The Labute approximate surface area is 104 Å². The monoisotopic (exact) mass is 234 g/mol. The van der Waals surface area contributed by atoms with Gasteiger partial charge in [0.1, 0.15) is 0 Å². The molecule has 3 aliphatic rings. The first-order valence-electron chi connectivity index (χ1n) is 6.44. The molecule has 0 aliphatic heterocycles. The molecule has 0 spiro atoms. The lowest BCUT2D eigenvalue weighted by Gasteiger charge is -2.56. The standard InChI is InChI=1S/C15H22O2/c1-10(2)14(16)17-8-7-11-5-6-12-9-13(11)15(12,3)4/h5,12-13H,1,6-9H2,2-4H3. The number of hydrogen-bond donors (Lipinski definition) is 0. The van der Waals surface area contributed by atoms with Gasteiger partial charge in [-0.15, -0.1) is 0 Å². The van der Waals surface area contributed by atoms with Gasteiger partial charge in [-0.2, -0.15) is 0 Å². The highest BCUT2D eigenvalue weighted by Gasteiger charge is 2.50. The molecule has 0 saturated heterocycles. The van der Waals surface area contributed by atoms with Crippen LogP contribution in [-0.4, -0.2) is 12.6 Å². The first-order chi connectivity index (χ1) is 7.93. The number of carbonyl (C=O) groups is 1. The maximum Gasteiger partial charge on any atom is 0.333 e. The molecule has 2 heteroatoms. The van der Waals surface area contributed by atoms with Gasteiger partial charge in [0.2, 0.25) is 0 Å². The topological polar surface area (TPSA) is 26.3 Å². The van der Waals surface area contributed by atoms with Crippen molar-refractivity contribution in [2.45, 2.75) is 40.0 Å². The Balaban J connectivity index is 1.83. The Hall–Kier alpha value is -1.05. The van der Waals surface area contributed by atoms with E-state index in [4.69, 9.17) is 4.74 Å². The molecule has 0 aromatic carbocycles. The number of esters is 1. The minimum Gasteiger partial charge on any atom is -0.462 e. The molecule has 0 radical (unpaired) electrons. The van der Waals surface area contributed by atoms with E-state index in [0.29, 0.717) is 23.5 Å². The SMILES string of the molecule is C=C(C)C(=O)OCCC1=CCC2CC1C2(C)C. The molecule has 1 fully saturated rings. The largest absolute Gasteiger partial charge is 0.462 e. The van der Waals surface area contributed by atoms with Crippen LogP contribution in [0.15, 0.2) is 23.8 Å². The van der Waals surface area contributed by atoms with Crippen molar-refractivity contribution < 1.29 is 9.53 Å². The van der Waals surface area contributed by atoms with Gasteiger partial charge in [0.15, 0.2) is 0 Å². The van der Waals surface area contributed by atoms with Crippen LogP contribution in [0.2, 0.25) is 0 Å². The zero-order chi connectivity index (χ0) is 12.6. The van der Waals surface area contributed by atoms with Crippen LogP contribution in [0.25, 0.3) is 0 Å². The van der Waals surface area contributed by atoms with Gasteiger partial charge < -0.3 is 4.74 Å². The number of carbonyl (C=O) groups excluding carboxylic acids is 1. The van der Waals surface area contributed by atoms with E-state index in [2.05, 4.69) is 26.5 Å². The Morgan fingerprint density at radius 2 is 2.29 bits per heavy atom. The zero-order valence-electron chi connectivity index (χ0n) is 11.1. The van der Waals surface area contributed by atoms with Crippen molar-refractivity contribution in [1.29, 1.82) is 0 Å². The molecule has 3 aliphatic carbocycles. The van der Waals surface area contributed by atoms with Crippen LogP contribution >= 0.6 is 0 Å². The van der Waals surface area contributed by atoms with Crippen LogP contribution in [-0.2, 0) is 9.53 Å². The second-order valence-corrected chi connectivity index (χ2v) is 5.99. The number of fused-ring (bicyclic) bond motifs is 1. The highest BCUT2D eigenvalue weighted by atomic mass is 16.5. The highest BCUT2D eigenvalue weighted by molar-refractivity contribution is 5.86. The summed E-state index contributed by atoms with van der Waals surface area (Å²) in [5.74, 6) is 1.31. The van der Waals surface area contributed by atoms with Crippen LogP contribution in [0.1, 0.15) is 40.0 Å². The van der Waals surface area contributed by atoms with Crippen LogP contribution in [0, 0.1) is 17.3 Å². The minimum atomic E-state index is -0.271. The number of rotatable bonds is 4. The van der Waals surface area contributed by atoms with Crippen molar-refractivity contribution >= 4 is 5.97 Å². The summed E-state index contributed by atoms with van der Waals surface area (Å²) in [5, 5.41) is 0. The third-order valence-electron chi connectivity index (χ3n) is 4.56. The van der Waals surface area contributed by atoms with E-state index < -0.39 is 0 Å². The quantitative estimate of drug-likeness (QED) is 0.423. The lowest BCUT2D eigenvalue weighted by atomic mass is 9.48. The van der Waals surface area contributed by atoms with Crippen LogP contribution in [0.3, 0.4) is 0 Å². The van der Waals surface area contributed by atoms with Crippen molar-refractivity contribution in [3.8, 4) is 0 Å². The van der Waals surface area contributed by atoms with Crippen molar-refractivity contribution in [2.24, 2.45) is 17.3 Å². The lowest BCUT2D eigenvalue weighted by molar-refractivity contribution is -0.139. The van der Waals surface area contributed by atoms with E-state index in [-0.39, 0.29) is 5.97 Å². The summed E-state index contributed by atoms with van der Waals surface area (Å²) in [7, 11) is 0. The smallest absolute Gasteiger partial charge is 0.333 e. The summed E-state index contributed by atoms with van der Waals surface area (Å²) in [6.45, 7) is 10.5. The Morgan fingerprint density at radius 1 is 1.59 bits per heavy atom. The predicted molar refractivity (Wildman–Crippen MR) is 68.5 cm³/mol. The fourth-order valence-electron chi connectivity index (χ4n) is 3.14. The third-order valence-corrected chi connectivity index (χ3v) is 4.56. The van der Waals surface area contributed by atoms with E-state index in [1.54, 1.807) is 6.92 Å². The molecule has 2 atom stereocenters. The highest BCUT2D eigenvalue weighted by Crippen LogP contribution is 2.59. The second kappa shape index (κ2) is 4.32. The van der Waals surface area contributed by atoms with Gasteiger partial charge in [0.25, 0.3) is 0 Å². The van der Waals surface area contributed by atoms with Crippen molar-refractivity contribution in [3.63, 3.8) is 0 Å². The lowest BCUT2D eigenvalue weighted by Crippen LogP contribution is -2.48.